The average Bonchev–Trinajstić information content (AvgIpc) is 2.21. The fourth-order valence-corrected chi connectivity index (χ4v) is 1.59. The van der Waals surface area contributed by atoms with Crippen LogP contribution in [0.25, 0.3) is 0 Å². The van der Waals surface area contributed by atoms with Gasteiger partial charge in [0.2, 0.25) is 0 Å². The molecular formula is C12H24O2. The Kier molecular flexibility index (Phi) is 10.2. The molecule has 2 heteroatoms. The molecule has 0 heterocycles. The second-order valence-electron chi connectivity index (χ2n) is 3.97. The van der Waals surface area contributed by atoms with Gasteiger partial charge in [-0.2, -0.15) is 0 Å². The van der Waals surface area contributed by atoms with Crippen molar-refractivity contribution in [2.75, 3.05) is 0 Å². The molecule has 0 unspecified atom stereocenters. The number of rotatable bonds is 4. The Morgan fingerprint density at radius 3 is 1.71 bits per heavy atom. The van der Waals surface area contributed by atoms with Gasteiger partial charge in [0, 0.05) is 6.42 Å². The van der Waals surface area contributed by atoms with Crippen LogP contribution in [-0.4, -0.2) is 11.1 Å². The van der Waals surface area contributed by atoms with Gasteiger partial charge in [0.1, 0.15) is 0 Å². The maximum Gasteiger partial charge on any atom is 0.303 e. The summed E-state index contributed by atoms with van der Waals surface area (Å²) in [6.07, 6.45) is 12.3. The molecule has 14 heavy (non-hydrogen) atoms. The van der Waals surface area contributed by atoms with Crippen molar-refractivity contribution in [3.8, 4) is 0 Å². The minimum atomic E-state index is -0.682. The van der Waals surface area contributed by atoms with Crippen molar-refractivity contribution in [2.45, 2.75) is 71.1 Å². The van der Waals surface area contributed by atoms with E-state index in [1.165, 1.54) is 38.5 Å². The van der Waals surface area contributed by atoms with Crippen LogP contribution in [0.4, 0.5) is 0 Å². The lowest BCUT2D eigenvalue weighted by Crippen LogP contribution is -1.92. The fourth-order valence-electron chi connectivity index (χ4n) is 1.59. The highest BCUT2D eigenvalue weighted by Crippen LogP contribution is 2.15. The summed E-state index contributed by atoms with van der Waals surface area (Å²) in [6.45, 7) is 2.06. The fraction of sp³-hybridized carbons (Fsp3) is 0.917. The zero-order chi connectivity index (χ0) is 10.6. The lowest BCUT2D eigenvalue weighted by atomic mass is 10.0. The quantitative estimate of drug-likeness (QED) is 0.697. The molecule has 1 saturated carbocycles. The van der Waals surface area contributed by atoms with Gasteiger partial charge in [-0.05, 0) is 6.42 Å². The predicted octanol–water partition coefficient (Wildman–Crippen LogP) is 3.99. The second kappa shape index (κ2) is 10.6. The highest BCUT2D eigenvalue weighted by Gasteiger charge is 1.95. The van der Waals surface area contributed by atoms with E-state index in [1.807, 2.05) is 0 Å². The zero-order valence-corrected chi connectivity index (χ0v) is 9.43. The molecule has 0 aromatic rings. The molecule has 0 radical (unpaired) electrons. The summed E-state index contributed by atoms with van der Waals surface area (Å²) in [5.74, 6) is -0.682. The number of aliphatic carboxylic acids is 1. The van der Waals surface area contributed by atoms with Crippen molar-refractivity contribution in [3.05, 3.63) is 0 Å². The first-order valence-electron chi connectivity index (χ1n) is 5.99. The van der Waals surface area contributed by atoms with Gasteiger partial charge in [-0.3, -0.25) is 4.79 Å². The third-order valence-electron chi connectivity index (χ3n) is 2.49. The molecule has 0 spiro atoms. The van der Waals surface area contributed by atoms with E-state index in [0.717, 1.165) is 19.3 Å². The molecule has 0 aromatic carbocycles. The molecule has 0 aliphatic heterocycles. The van der Waals surface area contributed by atoms with E-state index in [1.54, 1.807) is 0 Å². The molecule has 0 saturated heterocycles. The molecule has 1 N–H and O–H groups in total. The van der Waals surface area contributed by atoms with Gasteiger partial charge in [-0.25, -0.2) is 0 Å². The first-order chi connectivity index (χ1) is 6.77. The Hall–Kier alpha value is -0.530. The van der Waals surface area contributed by atoms with Crippen LogP contribution in [0.15, 0.2) is 0 Å². The average molecular weight is 200 g/mol. The summed E-state index contributed by atoms with van der Waals surface area (Å²) in [6, 6.07) is 0. The van der Waals surface area contributed by atoms with E-state index < -0.39 is 5.97 Å². The Labute approximate surface area is 87.7 Å². The SMILES string of the molecule is C1CCCCC1.CCCCCC(=O)O. The van der Waals surface area contributed by atoms with Crippen LogP contribution in [0.5, 0.6) is 0 Å². The van der Waals surface area contributed by atoms with Crippen molar-refractivity contribution in [2.24, 2.45) is 0 Å². The standard InChI is InChI=1S/C6H12O2.C6H12/c1-2-3-4-5-6(7)8;1-2-4-6-5-3-1/h2-5H2,1H3,(H,7,8);1-6H2. The topological polar surface area (TPSA) is 37.3 Å². The second-order valence-corrected chi connectivity index (χ2v) is 3.97. The Morgan fingerprint density at radius 1 is 1.00 bits per heavy atom. The molecule has 0 atom stereocenters. The van der Waals surface area contributed by atoms with Crippen molar-refractivity contribution in [1.29, 1.82) is 0 Å². The number of carboxylic acids is 1. The van der Waals surface area contributed by atoms with Gasteiger partial charge < -0.3 is 5.11 Å². The Morgan fingerprint density at radius 2 is 1.43 bits per heavy atom. The van der Waals surface area contributed by atoms with Crippen LogP contribution in [0.2, 0.25) is 0 Å². The van der Waals surface area contributed by atoms with E-state index in [9.17, 15) is 4.79 Å². The minimum absolute atomic E-state index is 0.327. The lowest BCUT2D eigenvalue weighted by molar-refractivity contribution is -0.137. The van der Waals surface area contributed by atoms with E-state index in [2.05, 4.69) is 6.92 Å². The minimum Gasteiger partial charge on any atom is -0.481 e. The summed E-state index contributed by atoms with van der Waals surface area (Å²) in [7, 11) is 0. The number of carbonyl (C=O) groups is 1. The summed E-state index contributed by atoms with van der Waals surface area (Å²) in [5.41, 5.74) is 0. The van der Waals surface area contributed by atoms with Gasteiger partial charge in [-0.15, -0.1) is 0 Å². The van der Waals surface area contributed by atoms with E-state index in [0.29, 0.717) is 6.42 Å². The Bertz CT molecular complexity index is 117. The Balaban J connectivity index is 0.000000249. The molecule has 2 nitrogen and oxygen atoms in total. The van der Waals surface area contributed by atoms with Crippen LogP contribution < -0.4 is 0 Å². The van der Waals surface area contributed by atoms with Gasteiger partial charge in [0.15, 0.2) is 0 Å². The van der Waals surface area contributed by atoms with Crippen molar-refractivity contribution in [3.63, 3.8) is 0 Å². The highest BCUT2D eigenvalue weighted by molar-refractivity contribution is 5.66. The van der Waals surface area contributed by atoms with Gasteiger partial charge in [0.05, 0.1) is 0 Å². The van der Waals surface area contributed by atoms with Crippen LogP contribution in [0.1, 0.15) is 71.1 Å². The van der Waals surface area contributed by atoms with Crippen molar-refractivity contribution in [1.82, 2.24) is 0 Å². The molecule has 0 aromatic heterocycles. The van der Waals surface area contributed by atoms with Crippen molar-refractivity contribution < 1.29 is 9.90 Å². The first kappa shape index (κ1) is 13.5. The molecule has 1 aliphatic carbocycles. The summed E-state index contributed by atoms with van der Waals surface area (Å²) in [4.78, 5) is 9.87. The molecule has 84 valence electrons. The normalized spacial score (nSPS) is 15.5. The largest absolute Gasteiger partial charge is 0.481 e. The molecule has 1 rings (SSSR count). The monoisotopic (exact) mass is 200 g/mol. The highest BCUT2D eigenvalue weighted by atomic mass is 16.4. The maximum absolute atomic E-state index is 9.87. The number of carboxylic acid groups (broad SMARTS) is 1. The summed E-state index contributed by atoms with van der Waals surface area (Å²) >= 11 is 0. The third-order valence-corrected chi connectivity index (χ3v) is 2.49. The van der Waals surface area contributed by atoms with Gasteiger partial charge in [-0.1, -0.05) is 58.3 Å². The van der Waals surface area contributed by atoms with Gasteiger partial charge >= 0.3 is 5.97 Å². The smallest absolute Gasteiger partial charge is 0.303 e. The molecule has 0 bridgehead atoms. The lowest BCUT2D eigenvalue weighted by Gasteiger charge is -2.05. The van der Waals surface area contributed by atoms with E-state index in [-0.39, 0.29) is 0 Å². The van der Waals surface area contributed by atoms with Crippen LogP contribution in [-0.2, 0) is 4.79 Å². The molecule has 1 fully saturated rings. The molecule has 0 amide bonds. The number of hydrogen-bond donors (Lipinski definition) is 1. The van der Waals surface area contributed by atoms with Gasteiger partial charge in [0.25, 0.3) is 0 Å². The molecule has 1 aliphatic rings. The number of unbranched alkanes of at least 4 members (excludes halogenated alkanes) is 2. The maximum atomic E-state index is 9.87. The van der Waals surface area contributed by atoms with E-state index in [4.69, 9.17) is 5.11 Å². The number of hydrogen-bond acceptors (Lipinski definition) is 1. The first-order valence-corrected chi connectivity index (χ1v) is 5.99. The van der Waals surface area contributed by atoms with Crippen LogP contribution in [0.3, 0.4) is 0 Å². The molecular weight excluding hydrogens is 176 g/mol. The van der Waals surface area contributed by atoms with E-state index >= 15 is 0 Å². The summed E-state index contributed by atoms with van der Waals surface area (Å²) < 4.78 is 0. The van der Waals surface area contributed by atoms with Crippen LogP contribution >= 0.6 is 0 Å². The van der Waals surface area contributed by atoms with Crippen molar-refractivity contribution >= 4 is 5.97 Å². The third kappa shape index (κ3) is 11.5. The summed E-state index contributed by atoms with van der Waals surface area (Å²) in [5, 5.41) is 8.14. The predicted molar refractivity (Wildman–Crippen MR) is 59.5 cm³/mol. The van der Waals surface area contributed by atoms with Crippen LogP contribution in [0, 0.1) is 0 Å². The zero-order valence-electron chi connectivity index (χ0n) is 9.43.